The molecule has 1 aromatic heterocycles. The maximum absolute atomic E-state index is 11.5. The normalized spacial score (nSPS) is 10.7. The molecule has 0 aliphatic rings. The third kappa shape index (κ3) is 2.92. The molecule has 0 spiro atoms. The highest BCUT2D eigenvalue weighted by Gasteiger charge is 2.00. The lowest BCUT2D eigenvalue weighted by molar-refractivity contribution is 0.140. The minimum absolute atomic E-state index is 0.0296. The largest absolute Gasteiger partial charge is 0.379 e. The van der Waals surface area contributed by atoms with Crippen molar-refractivity contribution in [3.05, 3.63) is 22.9 Å². The first-order valence-electron chi connectivity index (χ1n) is 4.73. The fraction of sp³-hybridized carbons (Fsp3) is 0.667. The van der Waals surface area contributed by atoms with Gasteiger partial charge in [-0.3, -0.25) is 9.13 Å². The number of nitrogens with zero attached hydrogens (tertiary/aromatic N) is 2. The lowest BCUT2D eigenvalue weighted by atomic mass is 10.6. The Morgan fingerprint density at radius 2 is 2.07 bits per heavy atom. The number of ether oxygens (including phenoxy) is 1. The molecule has 0 aromatic carbocycles. The summed E-state index contributed by atoms with van der Waals surface area (Å²) in [5.74, 6) is 0.713. The van der Waals surface area contributed by atoms with Crippen LogP contribution in [0.5, 0.6) is 0 Å². The molecule has 80 valence electrons. The number of hydrogen-bond donors (Lipinski definition) is 1. The third-order valence-electron chi connectivity index (χ3n) is 1.97. The summed E-state index contributed by atoms with van der Waals surface area (Å²) in [5.41, 5.74) is 0.0296. The minimum Gasteiger partial charge on any atom is -0.379 e. The van der Waals surface area contributed by atoms with Gasteiger partial charge in [0.2, 0.25) is 0 Å². The second kappa shape index (κ2) is 5.93. The fourth-order valence-electron chi connectivity index (χ4n) is 1.19. The summed E-state index contributed by atoms with van der Waals surface area (Å²) in [6.45, 7) is 4.46. The fourth-order valence-corrected chi connectivity index (χ4v) is 1.32. The number of aromatic nitrogens is 2. The Kier molecular flexibility index (Phi) is 4.82. The molecule has 0 aliphatic carbocycles. The third-order valence-corrected chi connectivity index (χ3v) is 2.15. The van der Waals surface area contributed by atoms with E-state index in [1.54, 1.807) is 21.5 Å². The summed E-state index contributed by atoms with van der Waals surface area (Å²) < 4.78 is 8.56. The smallest absolute Gasteiger partial charge is 0.328 e. The zero-order valence-corrected chi connectivity index (χ0v) is 9.24. The topological polar surface area (TPSA) is 36.2 Å². The minimum atomic E-state index is 0.0296. The number of aryl methyl sites for hydroxylation is 1. The molecule has 0 aliphatic heterocycles. The molecule has 1 aromatic rings. The van der Waals surface area contributed by atoms with Crippen LogP contribution in [0.3, 0.4) is 0 Å². The van der Waals surface area contributed by atoms with Crippen LogP contribution in [-0.4, -0.2) is 28.1 Å². The van der Waals surface area contributed by atoms with Gasteiger partial charge in [0, 0.05) is 24.7 Å². The van der Waals surface area contributed by atoms with Crippen molar-refractivity contribution in [2.75, 3.05) is 19.0 Å². The second-order valence-corrected chi connectivity index (χ2v) is 3.34. The first kappa shape index (κ1) is 11.4. The van der Waals surface area contributed by atoms with Crippen LogP contribution < -0.4 is 5.69 Å². The van der Waals surface area contributed by atoms with Crippen molar-refractivity contribution in [3.63, 3.8) is 0 Å². The van der Waals surface area contributed by atoms with Gasteiger partial charge in [-0.15, -0.1) is 0 Å². The van der Waals surface area contributed by atoms with Gasteiger partial charge >= 0.3 is 5.69 Å². The van der Waals surface area contributed by atoms with Gasteiger partial charge in [-0.05, 0) is 6.92 Å². The van der Waals surface area contributed by atoms with E-state index in [0.717, 1.165) is 0 Å². The van der Waals surface area contributed by atoms with Crippen LogP contribution in [0.25, 0.3) is 0 Å². The number of imidazole rings is 1. The molecule has 0 radical (unpaired) electrons. The van der Waals surface area contributed by atoms with Crippen molar-refractivity contribution < 1.29 is 4.74 Å². The molecular formula is C9H16N2O2S. The summed E-state index contributed by atoms with van der Waals surface area (Å²) in [4.78, 5) is 11.5. The number of hydrogen-bond acceptors (Lipinski definition) is 3. The molecule has 0 saturated heterocycles. The van der Waals surface area contributed by atoms with Gasteiger partial charge in [0.05, 0.1) is 19.8 Å². The molecule has 4 nitrogen and oxygen atoms in total. The molecule has 14 heavy (non-hydrogen) atoms. The van der Waals surface area contributed by atoms with Crippen LogP contribution >= 0.6 is 12.6 Å². The summed E-state index contributed by atoms with van der Waals surface area (Å²) in [6.07, 6.45) is 3.58. The summed E-state index contributed by atoms with van der Waals surface area (Å²) >= 11 is 4.02. The molecular weight excluding hydrogens is 200 g/mol. The van der Waals surface area contributed by atoms with Gasteiger partial charge in [0.1, 0.15) is 0 Å². The molecule has 0 atom stereocenters. The van der Waals surface area contributed by atoms with E-state index in [9.17, 15) is 4.79 Å². The first-order chi connectivity index (χ1) is 6.79. The standard InChI is InChI=1S/C9H16N2O2S/c1-2-10-3-4-11(9(10)12)5-6-13-7-8-14/h3-4,14H,2,5-8H2,1H3. The van der Waals surface area contributed by atoms with Crippen LogP contribution in [0.2, 0.25) is 0 Å². The molecule has 0 fully saturated rings. The molecule has 0 bridgehead atoms. The number of rotatable bonds is 6. The Morgan fingerprint density at radius 1 is 1.36 bits per heavy atom. The monoisotopic (exact) mass is 216 g/mol. The number of thiol groups is 1. The van der Waals surface area contributed by atoms with Gasteiger partial charge in [0.15, 0.2) is 0 Å². The zero-order valence-electron chi connectivity index (χ0n) is 8.35. The van der Waals surface area contributed by atoms with Crippen molar-refractivity contribution in [3.8, 4) is 0 Å². The Labute approximate surface area is 88.9 Å². The average molecular weight is 216 g/mol. The summed E-state index contributed by atoms with van der Waals surface area (Å²) in [7, 11) is 0. The predicted molar refractivity (Wildman–Crippen MR) is 59.0 cm³/mol. The summed E-state index contributed by atoms with van der Waals surface area (Å²) in [5, 5.41) is 0. The van der Waals surface area contributed by atoms with E-state index in [4.69, 9.17) is 4.74 Å². The lowest BCUT2D eigenvalue weighted by Gasteiger charge is -2.02. The molecule has 0 unspecified atom stereocenters. The molecule has 5 heteroatoms. The van der Waals surface area contributed by atoms with Crippen LogP contribution in [0.1, 0.15) is 6.92 Å². The maximum Gasteiger partial charge on any atom is 0.328 e. The predicted octanol–water partition coefficient (Wildman–Crippen LogP) is 0.616. The van der Waals surface area contributed by atoms with Gasteiger partial charge in [-0.2, -0.15) is 12.6 Å². The van der Waals surface area contributed by atoms with Gasteiger partial charge in [-0.1, -0.05) is 0 Å². The van der Waals surface area contributed by atoms with Crippen LogP contribution in [-0.2, 0) is 17.8 Å². The molecule has 0 amide bonds. The second-order valence-electron chi connectivity index (χ2n) is 2.90. The van der Waals surface area contributed by atoms with E-state index in [0.29, 0.717) is 32.1 Å². The zero-order chi connectivity index (χ0) is 10.4. The highest BCUT2D eigenvalue weighted by Crippen LogP contribution is 1.87. The van der Waals surface area contributed by atoms with Crippen molar-refractivity contribution in [2.24, 2.45) is 0 Å². The van der Waals surface area contributed by atoms with Crippen molar-refractivity contribution >= 4 is 12.6 Å². The van der Waals surface area contributed by atoms with Crippen LogP contribution in [0.4, 0.5) is 0 Å². The van der Waals surface area contributed by atoms with E-state index >= 15 is 0 Å². The first-order valence-corrected chi connectivity index (χ1v) is 5.37. The lowest BCUT2D eigenvalue weighted by Crippen LogP contribution is -2.25. The van der Waals surface area contributed by atoms with Crippen molar-refractivity contribution in [1.29, 1.82) is 0 Å². The molecule has 1 rings (SSSR count). The van der Waals surface area contributed by atoms with Gasteiger partial charge < -0.3 is 4.74 Å². The van der Waals surface area contributed by atoms with E-state index in [-0.39, 0.29) is 5.69 Å². The molecule has 0 saturated carbocycles. The van der Waals surface area contributed by atoms with Crippen molar-refractivity contribution in [1.82, 2.24) is 9.13 Å². The van der Waals surface area contributed by atoms with Crippen molar-refractivity contribution in [2.45, 2.75) is 20.0 Å². The highest BCUT2D eigenvalue weighted by molar-refractivity contribution is 7.80. The molecule has 0 N–H and O–H groups in total. The van der Waals surface area contributed by atoms with Gasteiger partial charge in [-0.25, -0.2) is 4.79 Å². The SMILES string of the molecule is CCn1ccn(CCOCCS)c1=O. The quantitative estimate of drug-likeness (QED) is 0.559. The Morgan fingerprint density at radius 3 is 2.64 bits per heavy atom. The van der Waals surface area contributed by atoms with Crippen LogP contribution in [0, 0.1) is 0 Å². The van der Waals surface area contributed by atoms with E-state index in [1.165, 1.54) is 0 Å². The maximum atomic E-state index is 11.5. The highest BCUT2D eigenvalue weighted by atomic mass is 32.1. The Balaban J connectivity index is 2.43. The van der Waals surface area contributed by atoms with E-state index < -0.39 is 0 Å². The Hall–Kier alpha value is -0.680. The summed E-state index contributed by atoms with van der Waals surface area (Å²) in [6, 6.07) is 0. The van der Waals surface area contributed by atoms with Gasteiger partial charge in [0.25, 0.3) is 0 Å². The van der Waals surface area contributed by atoms with E-state index in [2.05, 4.69) is 12.6 Å². The average Bonchev–Trinajstić information content (AvgIpc) is 2.55. The Bertz CT molecular complexity index is 319. The van der Waals surface area contributed by atoms with Crippen LogP contribution in [0.15, 0.2) is 17.2 Å². The molecule has 1 heterocycles. The van der Waals surface area contributed by atoms with E-state index in [1.807, 2.05) is 6.92 Å².